The monoisotopic (exact) mass is 472 g/mol. The predicted octanol–water partition coefficient (Wildman–Crippen LogP) is 5.13. The van der Waals surface area contributed by atoms with Gasteiger partial charge in [-0.2, -0.15) is 0 Å². The smallest absolute Gasteiger partial charge is 0.261 e. The molecule has 0 aromatic heterocycles. The van der Waals surface area contributed by atoms with Crippen molar-refractivity contribution in [2.24, 2.45) is 0 Å². The number of nitrogens with one attached hydrogen (secondary N) is 2. The number of hydrogen-bond donors (Lipinski definition) is 2. The lowest BCUT2D eigenvalue weighted by molar-refractivity contribution is -0.116. The molecule has 0 radical (unpaired) electrons. The fourth-order valence-electron chi connectivity index (χ4n) is 2.79. The summed E-state index contributed by atoms with van der Waals surface area (Å²) in [4.78, 5) is 12.5. The molecule has 3 aromatic rings. The van der Waals surface area contributed by atoms with Gasteiger partial charge in [0.25, 0.3) is 10.0 Å². The van der Waals surface area contributed by atoms with Gasteiger partial charge in [-0.05, 0) is 54.8 Å². The SMILES string of the molecule is Cc1ccc(NC(=O)CCc2ccccc2Br)cc1NS(=O)(=O)c1ccccc1. The van der Waals surface area contributed by atoms with Gasteiger partial charge in [-0.15, -0.1) is 0 Å². The number of rotatable bonds is 7. The number of benzene rings is 3. The van der Waals surface area contributed by atoms with Crippen LogP contribution in [0.4, 0.5) is 11.4 Å². The zero-order chi connectivity index (χ0) is 20.9. The molecular formula is C22H21BrN2O3S. The van der Waals surface area contributed by atoms with Crippen LogP contribution in [0.1, 0.15) is 17.5 Å². The summed E-state index contributed by atoms with van der Waals surface area (Å²) in [5.41, 5.74) is 2.79. The molecule has 0 bridgehead atoms. The summed E-state index contributed by atoms with van der Waals surface area (Å²) in [6, 6.07) is 21.1. The Morgan fingerprint density at radius 1 is 0.966 bits per heavy atom. The molecule has 3 rings (SSSR count). The molecule has 0 aliphatic heterocycles. The standard InChI is InChI=1S/C22H21BrN2O3S/c1-16-11-13-18(24-22(26)14-12-17-7-5-6-10-20(17)23)15-21(16)25-29(27,28)19-8-3-2-4-9-19/h2-11,13,15,25H,12,14H2,1H3,(H,24,26). The average Bonchev–Trinajstić information content (AvgIpc) is 2.70. The van der Waals surface area contributed by atoms with Crippen molar-refractivity contribution < 1.29 is 13.2 Å². The highest BCUT2D eigenvalue weighted by molar-refractivity contribution is 9.10. The molecule has 1 amide bonds. The van der Waals surface area contributed by atoms with Crippen molar-refractivity contribution >= 4 is 43.2 Å². The van der Waals surface area contributed by atoms with Gasteiger partial charge < -0.3 is 5.32 Å². The third-order valence-corrected chi connectivity index (χ3v) is 6.55. The van der Waals surface area contributed by atoms with Gasteiger partial charge >= 0.3 is 0 Å². The molecule has 2 N–H and O–H groups in total. The molecule has 5 nitrogen and oxygen atoms in total. The predicted molar refractivity (Wildman–Crippen MR) is 120 cm³/mol. The Bertz CT molecular complexity index is 1120. The number of carbonyl (C=O) groups is 1. The normalized spacial score (nSPS) is 11.1. The molecule has 0 aliphatic carbocycles. The van der Waals surface area contributed by atoms with Crippen LogP contribution in [0.25, 0.3) is 0 Å². The van der Waals surface area contributed by atoms with Crippen molar-refractivity contribution in [1.29, 1.82) is 0 Å². The number of halogens is 1. The summed E-state index contributed by atoms with van der Waals surface area (Å²) in [6.45, 7) is 1.81. The fourth-order valence-corrected chi connectivity index (χ4v) is 4.41. The highest BCUT2D eigenvalue weighted by Gasteiger charge is 2.15. The maximum absolute atomic E-state index is 12.6. The van der Waals surface area contributed by atoms with Crippen molar-refractivity contribution in [2.45, 2.75) is 24.7 Å². The third-order valence-electron chi connectivity index (χ3n) is 4.40. The van der Waals surface area contributed by atoms with Crippen LogP contribution >= 0.6 is 15.9 Å². The molecule has 0 fully saturated rings. The van der Waals surface area contributed by atoms with Crippen LogP contribution in [0, 0.1) is 6.92 Å². The molecular weight excluding hydrogens is 452 g/mol. The van der Waals surface area contributed by atoms with Gasteiger partial charge in [0.05, 0.1) is 10.6 Å². The highest BCUT2D eigenvalue weighted by Crippen LogP contribution is 2.24. The Morgan fingerprint density at radius 2 is 1.66 bits per heavy atom. The quantitative estimate of drug-likeness (QED) is 0.500. The topological polar surface area (TPSA) is 75.3 Å². The maximum Gasteiger partial charge on any atom is 0.261 e. The van der Waals surface area contributed by atoms with Crippen LogP contribution in [0.2, 0.25) is 0 Å². The van der Waals surface area contributed by atoms with Crippen LogP contribution in [-0.4, -0.2) is 14.3 Å². The summed E-state index contributed by atoms with van der Waals surface area (Å²) in [7, 11) is -3.70. The first-order chi connectivity index (χ1) is 13.8. The molecule has 0 saturated carbocycles. The lowest BCUT2D eigenvalue weighted by atomic mass is 10.1. The summed E-state index contributed by atoms with van der Waals surface area (Å²) in [6.07, 6.45) is 0.925. The van der Waals surface area contributed by atoms with E-state index in [-0.39, 0.29) is 10.8 Å². The average molecular weight is 473 g/mol. The van der Waals surface area contributed by atoms with E-state index in [1.54, 1.807) is 43.3 Å². The summed E-state index contributed by atoms with van der Waals surface area (Å²) < 4.78 is 28.7. The third kappa shape index (κ3) is 5.68. The maximum atomic E-state index is 12.6. The zero-order valence-electron chi connectivity index (χ0n) is 15.9. The lowest BCUT2D eigenvalue weighted by Gasteiger charge is -2.13. The Balaban J connectivity index is 1.69. The minimum atomic E-state index is -3.70. The first-order valence-corrected chi connectivity index (χ1v) is 11.3. The molecule has 7 heteroatoms. The molecule has 0 aliphatic rings. The highest BCUT2D eigenvalue weighted by atomic mass is 79.9. The van der Waals surface area contributed by atoms with Crippen molar-refractivity contribution in [2.75, 3.05) is 10.0 Å². The van der Waals surface area contributed by atoms with Gasteiger partial charge in [0.1, 0.15) is 0 Å². The van der Waals surface area contributed by atoms with Crippen molar-refractivity contribution in [3.8, 4) is 0 Å². The largest absolute Gasteiger partial charge is 0.326 e. The number of anilines is 2. The summed E-state index contributed by atoms with van der Waals surface area (Å²) >= 11 is 3.48. The second kappa shape index (κ2) is 9.24. The van der Waals surface area contributed by atoms with Crippen LogP contribution in [-0.2, 0) is 21.2 Å². The molecule has 3 aromatic carbocycles. The van der Waals surface area contributed by atoms with Crippen LogP contribution in [0.15, 0.2) is 82.2 Å². The van der Waals surface area contributed by atoms with E-state index in [1.165, 1.54) is 12.1 Å². The lowest BCUT2D eigenvalue weighted by Crippen LogP contribution is -2.15. The number of sulfonamides is 1. The molecule has 150 valence electrons. The fraction of sp³-hybridized carbons (Fsp3) is 0.136. The molecule has 29 heavy (non-hydrogen) atoms. The van der Waals surface area contributed by atoms with Gasteiger partial charge in [-0.25, -0.2) is 8.42 Å². The van der Waals surface area contributed by atoms with E-state index >= 15 is 0 Å². The summed E-state index contributed by atoms with van der Waals surface area (Å²) in [5.74, 6) is -0.138. The van der Waals surface area contributed by atoms with E-state index in [1.807, 2.05) is 24.3 Å². The number of carbonyl (C=O) groups excluding carboxylic acids is 1. The van der Waals surface area contributed by atoms with Gasteiger partial charge in [-0.3, -0.25) is 9.52 Å². The van der Waals surface area contributed by atoms with E-state index in [0.29, 0.717) is 24.2 Å². The molecule has 0 unspecified atom stereocenters. The molecule has 0 heterocycles. The second-order valence-electron chi connectivity index (χ2n) is 6.59. The minimum absolute atomic E-state index is 0.138. The van der Waals surface area contributed by atoms with E-state index < -0.39 is 10.0 Å². The molecule has 0 spiro atoms. The molecule has 0 atom stereocenters. The first kappa shape index (κ1) is 21.1. The van der Waals surface area contributed by atoms with Crippen molar-refractivity contribution in [3.05, 3.63) is 88.4 Å². The van der Waals surface area contributed by atoms with E-state index in [9.17, 15) is 13.2 Å². The zero-order valence-corrected chi connectivity index (χ0v) is 18.3. The van der Waals surface area contributed by atoms with Crippen LogP contribution in [0.3, 0.4) is 0 Å². The second-order valence-corrected chi connectivity index (χ2v) is 9.12. The summed E-state index contributed by atoms with van der Waals surface area (Å²) in [5, 5.41) is 2.84. The van der Waals surface area contributed by atoms with E-state index in [4.69, 9.17) is 0 Å². The van der Waals surface area contributed by atoms with Crippen molar-refractivity contribution in [3.63, 3.8) is 0 Å². The number of aryl methyl sites for hydroxylation is 2. The van der Waals surface area contributed by atoms with E-state index in [0.717, 1.165) is 15.6 Å². The van der Waals surface area contributed by atoms with Gasteiger partial charge in [-0.1, -0.05) is 58.4 Å². The Morgan fingerprint density at radius 3 is 2.38 bits per heavy atom. The van der Waals surface area contributed by atoms with Gasteiger partial charge in [0.2, 0.25) is 5.91 Å². The van der Waals surface area contributed by atoms with Crippen LogP contribution < -0.4 is 10.0 Å². The van der Waals surface area contributed by atoms with Crippen LogP contribution in [0.5, 0.6) is 0 Å². The molecule has 0 saturated heterocycles. The number of amides is 1. The van der Waals surface area contributed by atoms with E-state index in [2.05, 4.69) is 26.0 Å². The number of hydrogen-bond acceptors (Lipinski definition) is 3. The van der Waals surface area contributed by atoms with Crippen molar-refractivity contribution in [1.82, 2.24) is 0 Å². The Hall–Kier alpha value is -2.64. The van der Waals surface area contributed by atoms with Gasteiger partial charge in [0, 0.05) is 16.6 Å². The van der Waals surface area contributed by atoms with Gasteiger partial charge in [0.15, 0.2) is 0 Å². The minimum Gasteiger partial charge on any atom is -0.326 e. The first-order valence-electron chi connectivity index (χ1n) is 9.07. The Labute approximate surface area is 179 Å². The Kier molecular flexibility index (Phi) is 6.71.